The maximum atomic E-state index is 11.6. The molecule has 0 bridgehead atoms. The molecular formula is C17H16N4O4. The smallest absolute Gasteiger partial charge is 0.311 e. The number of azo groups is 1. The molecule has 0 aliphatic carbocycles. The Kier molecular flexibility index (Phi) is 4.34. The quantitative estimate of drug-likeness (QED) is 0.560. The fourth-order valence-electron chi connectivity index (χ4n) is 2.37. The summed E-state index contributed by atoms with van der Waals surface area (Å²) in [4.78, 5) is 15.9. The largest absolute Gasteiger partial charge is 0.508 e. The molecule has 0 aliphatic rings. The van der Waals surface area contributed by atoms with Crippen LogP contribution in [0.4, 0.5) is 11.5 Å². The molecule has 8 nitrogen and oxygen atoms in total. The van der Waals surface area contributed by atoms with E-state index in [1.54, 1.807) is 35.7 Å². The first-order valence-corrected chi connectivity index (χ1v) is 7.46. The number of benzene rings is 1. The van der Waals surface area contributed by atoms with Gasteiger partial charge in [0.05, 0.1) is 24.9 Å². The highest BCUT2D eigenvalue weighted by atomic mass is 16.5. The minimum Gasteiger partial charge on any atom is -0.508 e. The molecule has 0 saturated carbocycles. The second-order valence-corrected chi connectivity index (χ2v) is 5.39. The van der Waals surface area contributed by atoms with E-state index in [9.17, 15) is 15.0 Å². The van der Waals surface area contributed by atoms with Gasteiger partial charge in [-0.3, -0.25) is 9.20 Å². The molecule has 0 unspecified atom stereocenters. The van der Waals surface area contributed by atoms with Crippen LogP contribution in [-0.4, -0.2) is 32.7 Å². The number of nitrogens with zero attached hydrogens (tertiary/aromatic N) is 4. The average molecular weight is 340 g/mol. The second kappa shape index (κ2) is 6.60. The first kappa shape index (κ1) is 16.4. The minimum absolute atomic E-state index is 0.0316. The lowest BCUT2D eigenvalue weighted by molar-refractivity contribution is -0.139. The number of ether oxygens (including phenoxy) is 1. The standard InChI is InChI=1S/C17H16N4O4/c1-10-8-11(22)5-6-12(10)19-20-16-13(9-15(24)25-2)18-17-14(23)4-3-7-21(16)17/h3-8,22-23H,9H2,1-2H3. The van der Waals surface area contributed by atoms with Gasteiger partial charge in [-0.1, -0.05) is 0 Å². The maximum Gasteiger partial charge on any atom is 0.311 e. The molecule has 25 heavy (non-hydrogen) atoms. The number of phenolic OH excluding ortho intramolecular Hbond substituents is 1. The number of aromatic nitrogens is 2. The Morgan fingerprint density at radius 2 is 2.08 bits per heavy atom. The summed E-state index contributed by atoms with van der Waals surface area (Å²) in [6.07, 6.45) is 1.57. The zero-order chi connectivity index (χ0) is 18.0. The first-order chi connectivity index (χ1) is 12.0. The van der Waals surface area contributed by atoms with Gasteiger partial charge in [-0.2, -0.15) is 0 Å². The number of aryl methyl sites for hydroxylation is 1. The monoisotopic (exact) mass is 340 g/mol. The van der Waals surface area contributed by atoms with Crippen LogP contribution in [0.2, 0.25) is 0 Å². The van der Waals surface area contributed by atoms with Crippen LogP contribution in [0.1, 0.15) is 11.3 Å². The van der Waals surface area contributed by atoms with Crippen LogP contribution in [0, 0.1) is 6.92 Å². The summed E-state index contributed by atoms with van der Waals surface area (Å²) in [5, 5.41) is 27.8. The Hall–Kier alpha value is -3.42. The van der Waals surface area contributed by atoms with E-state index in [-0.39, 0.29) is 23.6 Å². The van der Waals surface area contributed by atoms with E-state index in [0.717, 1.165) is 5.56 Å². The zero-order valence-corrected chi connectivity index (χ0v) is 13.7. The average Bonchev–Trinajstić information content (AvgIpc) is 2.93. The summed E-state index contributed by atoms with van der Waals surface area (Å²) in [6, 6.07) is 7.85. The van der Waals surface area contributed by atoms with Gasteiger partial charge < -0.3 is 14.9 Å². The van der Waals surface area contributed by atoms with E-state index in [1.165, 1.54) is 19.2 Å². The molecule has 0 amide bonds. The van der Waals surface area contributed by atoms with Gasteiger partial charge in [0.15, 0.2) is 17.2 Å². The predicted molar refractivity (Wildman–Crippen MR) is 89.6 cm³/mol. The summed E-state index contributed by atoms with van der Waals surface area (Å²) >= 11 is 0. The van der Waals surface area contributed by atoms with E-state index in [1.807, 2.05) is 0 Å². The van der Waals surface area contributed by atoms with Crippen molar-refractivity contribution in [2.45, 2.75) is 13.3 Å². The van der Waals surface area contributed by atoms with Crippen molar-refractivity contribution >= 4 is 23.1 Å². The van der Waals surface area contributed by atoms with Crippen molar-refractivity contribution in [3.05, 3.63) is 47.8 Å². The van der Waals surface area contributed by atoms with Crippen molar-refractivity contribution in [2.24, 2.45) is 10.2 Å². The number of fused-ring (bicyclic) bond motifs is 1. The Morgan fingerprint density at radius 1 is 1.28 bits per heavy atom. The number of pyridine rings is 1. The van der Waals surface area contributed by atoms with E-state index in [2.05, 4.69) is 19.9 Å². The number of esters is 1. The Labute approximate surface area is 143 Å². The van der Waals surface area contributed by atoms with Gasteiger partial charge in [-0.05, 0) is 42.8 Å². The first-order valence-electron chi connectivity index (χ1n) is 7.46. The van der Waals surface area contributed by atoms with E-state index in [0.29, 0.717) is 17.2 Å². The fraction of sp³-hybridized carbons (Fsp3) is 0.176. The number of hydrogen-bond donors (Lipinski definition) is 2. The van der Waals surface area contributed by atoms with Crippen molar-refractivity contribution in [3.63, 3.8) is 0 Å². The van der Waals surface area contributed by atoms with Gasteiger partial charge >= 0.3 is 5.97 Å². The van der Waals surface area contributed by atoms with Crippen LogP contribution >= 0.6 is 0 Å². The van der Waals surface area contributed by atoms with Crippen LogP contribution in [0.25, 0.3) is 5.65 Å². The SMILES string of the molecule is COC(=O)Cc1nc2c(O)cccn2c1N=Nc1ccc(O)cc1C. The third-order valence-electron chi connectivity index (χ3n) is 3.65. The normalized spacial score (nSPS) is 11.3. The van der Waals surface area contributed by atoms with Crippen LogP contribution in [0.3, 0.4) is 0 Å². The maximum absolute atomic E-state index is 11.6. The zero-order valence-electron chi connectivity index (χ0n) is 13.7. The summed E-state index contributed by atoms with van der Waals surface area (Å²) in [7, 11) is 1.29. The molecule has 0 radical (unpaired) electrons. The fourth-order valence-corrected chi connectivity index (χ4v) is 2.37. The summed E-state index contributed by atoms with van der Waals surface area (Å²) in [5.41, 5.74) is 1.93. The molecule has 2 N–H and O–H groups in total. The predicted octanol–water partition coefficient (Wildman–Crippen LogP) is 3.18. The number of carbonyl (C=O) groups is 1. The van der Waals surface area contributed by atoms with Crippen molar-refractivity contribution in [1.82, 2.24) is 9.38 Å². The van der Waals surface area contributed by atoms with Gasteiger partial charge in [0.25, 0.3) is 0 Å². The highest BCUT2D eigenvalue weighted by Gasteiger charge is 2.17. The summed E-state index contributed by atoms with van der Waals surface area (Å²) in [5.74, 6) is -0.0395. The van der Waals surface area contributed by atoms with E-state index in [4.69, 9.17) is 0 Å². The summed E-state index contributed by atoms with van der Waals surface area (Å²) < 4.78 is 6.23. The highest BCUT2D eigenvalue weighted by Crippen LogP contribution is 2.30. The van der Waals surface area contributed by atoms with Crippen LogP contribution in [0.15, 0.2) is 46.8 Å². The molecule has 128 valence electrons. The van der Waals surface area contributed by atoms with Crippen LogP contribution < -0.4 is 0 Å². The molecule has 1 aromatic carbocycles. The number of phenols is 1. The molecule has 3 rings (SSSR count). The third-order valence-corrected chi connectivity index (χ3v) is 3.65. The Morgan fingerprint density at radius 3 is 2.80 bits per heavy atom. The topological polar surface area (TPSA) is 109 Å². The lowest BCUT2D eigenvalue weighted by Crippen LogP contribution is -2.04. The van der Waals surface area contributed by atoms with Gasteiger partial charge in [0, 0.05) is 6.20 Å². The molecule has 3 aromatic rings. The molecular weight excluding hydrogens is 324 g/mol. The van der Waals surface area contributed by atoms with Gasteiger partial charge in [-0.15, -0.1) is 10.2 Å². The number of carbonyl (C=O) groups excluding carboxylic acids is 1. The van der Waals surface area contributed by atoms with Gasteiger partial charge in [0.1, 0.15) is 5.75 Å². The van der Waals surface area contributed by atoms with Crippen molar-refractivity contribution in [2.75, 3.05) is 7.11 Å². The second-order valence-electron chi connectivity index (χ2n) is 5.39. The molecule has 0 aliphatic heterocycles. The van der Waals surface area contributed by atoms with Crippen molar-refractivity contribution < 1.29 is 19.7 Å². The lowest BCUT2D eigenvalue weighted by atomic mass is 10.2. The molecule has 0 spiro atoms. The molecule has 0 saturated heterocycles. The van der Waals surface area contributed by atoms with E-state index >= 15 is 0 Å². The lowest BCUT2D eigenvalue weighted by Gasteiger charge is -2.01. The Balaban J connectivity index is 2.09. The number of rotatable bonds is 4. The van der Waals surface area contributed by atoms with Crippen LogP contribution in [0.5, 0.6) is 11.5 Å². The molecule has 0 atom stereocenters. The van der Waals surface area contributed by atoms with Gasteiger partial charge in [-0.25, -0.2) is 4.98 Å². The molecule has 0 fully saturated rings. The molecule has 8 heteroatoms. The summed E-state index contributed by atoms with van der Waals surface area (Å²) in [6.45, 7) is 1.80. The van der Waals surface area contributed by atoms with Crippen LogP contribution in [-0.2, 0) is 16.0 Å². The third kappa shape index (κ3) is 3.27. The van der Waals surface area contributed by atoms with Crippen molar-refractivity contribution in [1.29, 1.82) is 0 Å². The molecule has 2 heterocycles. The Bertz CT molecular complexity index is 978. The minimum atomic E-state index is -0.472. The highest BCUT2D eigenvalue weighted by molar-refractivity contribution is 5.75. The number of imidazole rings is 1. The number of aromatic hydroxyl groups is 2. The molecule has 2 aromatic heterocycles. The number of methoxy groups -OCH3 is 1. The van der Waals surface area contributed by atoms with Gasteiger partial charge in [0.2, 0.25) is 0 Å². The van der Waals surface area contributed by atoms with Crippen molar-refractivity contribution in [3.8, 4) is 11.5 Å². The number of hydrogen-bond acceptors (Lipinski definition) is 7. The van der Waals surface area contributed by atoms with E-state index < -0.39 is 5.97 Å².